The van der Waals surface area contributed by atoms with Gasteiger partial charge in [0, 0.05) is 6.54 Å². The number of rotatable bonds is 4. The molecular formula is C11H16N2O2. The third-order valence-corrected chi connectivity index (χ3v) is 2.60. The quantitative estimate of drug-likeness (QED) is 0.678. The fraction of sp³-hybridized carbons (Fsp3) is 0.364. The minimum atomic E-state index is -0.861. The molecule has 0 saturated carbocycles. The van der Waals surface area contributed by atoms with Gasteiger partial charge in [0.1, 0.15) is 0 Å². The topological polar surface area (TPSA) is 66.6 Å². The second kappa shape index (κ2) is 4.91. The van der Waals surface area contributed by atoms with Crippen LogP contribution in [0.5, 0.6) is 0 Å². The molecule has 1 aliphatic heterocycles. The minimum Gasteiger partial charge on any atom is -0.481 e. The summed E-state index contributed by atoms with van der Waals surface area (Å²) in [6.07, 6.45) is 4.20. The van der Waals surface area contributed by atoms with Crippen molar-refractivity contribution in [2.45, 2.75) is 18.9 Å². The van der Waals surface area contributed by atoms with Crippen LogP contribution in [0, 0.1) is 0 Å². The Kier molecular flexibility index (Phi) is 3.82. The van der Waals surface area contributed by atoms with Crippen molar-refractivity contribution in [3.8, 4) is 0 Å². The molecule has 15 heavy (non-hydrogen) atoms. The number of carboxylic acids is 1. The Morgan fingerprint density at radius 1 is 1.60 bits per heavy atom. The summed E-state index contributed by atoms with van der Waals surface area (Å²) in [4.78, 5) is 10.7. The Morgan fingerprint density at radius 2 is 2.27 bits per heavy atom. The summed E-state index contributed by atoms with van der Waals surface area (Å²) in [5, 5.41) is 10.3. The number of aliphatic carboxylic acids is 1. The van der Waals surface area contributed by atoms with Gasteiger partial charge in [-0.3, -0.25) is 10.6 Å². The van der Waals surface area contributed by atoms with Crippen molar-refractivity contribution in [1.29, 1.82) is 0 Å². The number of allylic oxidation sites excluding steroid dienone is 1. The summed E-state index contributed by atoms with van der Waals surface area (Å²) in [5.41, 5.74) is 1.92. The molecule has 4 nitrogen and oxygen atoms in total. The smallest absolute Gasteiger partial charge is 0.305 e. The Hall–Kier alpha value is -1.39. The molecule has 0 radical (unpaired) electrons. The highest BCUT2D eigenvalue weighted by molar-refractivity contribution is 5.68. The number of hydrazine groups is 1. The van der Waals surface area contributed by atoms with E-state index in [1.54, 1.807) is 17.2 Å². The normalized spacial score (nSPS) is 22.6. The number of hydrogen-bond acceptors (Lipinski definition) is 3. The van der Waals surface area contributed by atoms with Crippen LogP contribution in [-0.4, -0.2) is 28.7 Å². The van der Waals surface area contributed by atoms with E-state index in [1.807, 2.05) is 0 Å². The molecule has 82 valence electrons. The SMILES string of the molecule is C=CC1=C(C=C)C(CC(=O)O)N(N)CC1. The highest BCUT2D eigenvalue weighted by atomic mass is 16.4. The molecule has 0 amide bonds. The first-order valence-electron chi connectivity index (χ1n) is 4.81. The van der Waals surface area contributed by atoms with Gasteiger partial charge in [-0.05, 0) is 17.6 Å². The van der Waals surface area contributed by atoms with E-state index in [-0.39, 0.29) is 12.5 Å². The second-order valence-corrected chi connectivity index (χ2v) is 3.49. The predicted molar refractivity (Wildman–Crippen MR) is 59.0 cm³/mol. The van der Waals surface area contributed by atoms with Gasteiger partial charge >= 0.3 is 5.97 Å². The molecule has 0 aromatic heterocycles. The molecular weight excluding hydrogens is 192 g/mol. The molecule has 1 atom stereocenters. The summed E-state index contributed by atoms with van der Waals surface area (Å²) >= 11 is 0. The standard InChI is InChI=1S/C11H16N2O2/c1-3-8-5-6-13(12)10(7-11(14)15)9(8)4-2/h3-4,10H,1-2,5-7,12H2,(H,14,15). The number of hydrogen-bond donors (Lipinski definition) is 2. The van der Waals surface area contributed by atoms with E-state index >= 15 is 0 Å². The summed E-state index contributed by atoms with van der Waals surface area (Å²) in [5.74, 6) is 4.90. The lowest BCUT2D eigenvalue weighted by atomic mass is 9.92. The molecule has 4 heteroatoms. The van der Waals surface area contributed by atoms with Crippen LogP contribution in [0.2, 0.25) is 0 Å². The van der Waals surface area contributed by atoms with Crippen LogP contribution in [0.25, 0.3) is 0 Å². The zero-order chi connectivity index (χ0) is 11.4. The van der Waals surface area contributed by atoms with Crippen molar-refractivity contribution in [2.75, 3.05) is 6.54 Å². The van der Waals surface area contributed by atoms with Crippen LogP contribution < -0.4 is 5.84 Å². The summed E-state index contributed by atoms with van der Waals surface area (Å²) in [6.45, 7) is 8.05. The van der Waals surface area contributed by atoms with E-state index in [4.69, 9.17) is 10.9 Å². The minimum absolute atomic E-state index is 0.00477. The van der Waals surface area contributed by atoms with Gasteiger partial charge in [-0.15, -0.1) is 0 Å². The summed E-state index contributed by atoms with van der Waals surface area (Å²) in [7, 11) is 0. The van der Waals surface area contributed by atoms with E-state index in [0.29, 0.717) is 6.54 Å². The van der Waals surface area contributed by atoms with Crippen LogP contribution >= 0.6 is 0 Å². The first-order chi connectivity index (χ1) is 7.10. The maximum absolute atomic E-state index is 10.7. The fourth-order valence-electron chi connectivity index (χ4n) is 1.82. The van der Waals surface area contributed by atoms with E-state index in [0.717, 1.165) is 17.6 Å². The van der Waals surface area contributed by atoms with E-state index in [2.05, 4.69) is 13.2 Å². The van der Waals surface area contributed by atoms with E-state index in [1.165, 1.54) is 0 Å². The highest BCUT2D eigenvalue weighted by Crippen LogP contribution is 2.25. The third-order valence-electron chi connectivity index (χ3n) is 2.60. The van der Waals surface area contributed by atoms with Crippen molar-refractivity contribution in [3.63, 3.8) is 0 Å². The van der Waals surface area contributed by atoms with Gasteiger partial charge in [-0.1, -0.05) is 25.3 Å². The first kappa shape index (κ1) is 11.7. The lowest BCUT2D eigenvalue weighted by molar-refractivity contribution is -0.138. The van der Waals surface area contributed by atoms with Gasteiger partial charge in [0.2, 0.25) is 0 Å². The van der Waals surface area contributed by atoms with Crippen LogP contribution in [0.15, 0.2) is 36.5 Å². The first-order valence-corrected chi connectivity index (χ1v) is 4.81. The zero-order valence-corrected chi connectivity index (χ0v) is 8.65. The maximum atomic E-state index is 10.7. The number of carbonyl (C=O) groups is 1. The third kappa shape index (κ3) is 2.55. The maximum Gasteiger partial charge on any atom is 0.305 e. The Morgan fingerprint density at radius 3 is 2.73 bits per heavy atom. The molecule has 0 bridgehead atoms. The average Bonchev–Trinajstić information content (AvgIpc) is 2.20. The van der Waals surface area contributed by atoms with Gasteiger partial charge in [-0.25, -0.2) is 5.01 Å². The molecule has 0 spiro atoms. The monoisotopic (exact) mass is 208 g/mol. The molecule has 0 aliphatic carbocycles. The van der Waals surface area contributed by atoms with Crippen molar-refractivity contribution < 1.29 is 9.90 Å². The average molecular weight is 208 g/mol. The van der Waals surface area contributed by atoms with Crippen molar-refractivity contribution in [1.82, 2.24) is 5.01 Å². The second-order valence-electron chi connectivity index (χ2n) is 3.49. The van der Waals surface area contributed by atoms with Crippen LogP contribution in [-0.2, 0) is 4.79 Å². The molecule has 0 aromatic rings. The largest absolute Gasteiger partial charge is 0.481 e. The molecule has 1 rings (SSSR count). The van der Waals surface area contributed by atoms with Crippen molar-refractivity contribution >= 4 is 5.97 Å². The zero-order valence-electron chi connectivity index (χ0n) is 8.65. The van der Waals surface area contributed by atoms with Gasteiger partial charge in [0.25, 0.3) is 0 Å². The Labute approximate surface area is 89.3 Å². The van der Waals surface area contributed by atoms with Crippen LogP contribution in [0.3, 0.4) is 0 Å². The highest BCUT2D eigenvalue weighted by Gasteiger charge is 2.26. The number of nitrogens with zero attached hydrogens (tertiary/aromatic N) is 1. The molecule has 1 heterocycles. The Bertz CT molecular complexity index is 321. The van der Waals surface area contributed by atoms with E-state index in [9.17, 15) is 4.79 Å². The fourth-order valence-corrected chi connectivity index (χ4v) is 1.82. The lowest BCUT2D eigenvalue weighted by Crippen LogP contribution is -2.46. The number of nitrogens with two attached hydrogens (primary N) is 1. The molecule has 1 unspecified atom stereocenters. The van der Waals surface area contributed by atoms with Crippen LogP contribution in [0.4, 0.5) is 0 Å². The van der Waals surface area contributed by atoms with Crippen LogP contribution in [0.1, 0.15) is 12.8 Å². The Balaban J connectivity index is 3.01. The molecule has 1 aliphatic rings. The number of carboxylic acid groups (broad SMARTS) is 1. The predicted octanol–water partition coefficient (Wildman–Crippen LogP) is 1.08. The lowest BCUT2D eigenvalue weighted by Gasteiger charge is -2.33. The van der Waals surface area contributed by atoms with Gasteiger partial charge in [0.15, 0.2) is 0 Å². The molecule has 0 aromatic carbocycles. The van der Waals surface area contributed by atoms with Gasteiger partial charge < -0.3 is 5.11 Å². The summed E-state index contributed by atoms with van der Waals surface area (Å²) in [6, 6.07) is -0.290. The van der Waals surface area contributed by atoms with Crippen molar-refractivity contribution in [3.05, 3.63) is 36.5 Å². The molecule has 0 saturated heterocycles. The van der Waals surface area contributed by atoms with Crippen molar-refractivity contribution in [2.24, 2.45) is 5.84 Å². The molecule has 3 N–H and O–H groups in total. The van der Waals surface area contributed by atoms with E-state index < -0.39 is 5.97 Å². The van der Waals surface area contributed by atoms with Gasteiger partial charge in [0.05, 0.1) is 12.5 Å². The molecule has 0 fully saturated rings. The van der Waals surface area contributed by atoms with Gasteiger partial charge in [-0.2, -0.15) is 0 Å². The summed E-state index contributed by atoms with van der Waals surface area (Å²) < 4.78 is 0.